The third-order valence-corrected chi connectivity index (χ3v) is 6.11. The maximum absolute atomic E-state index is 12.4. The van der Waals surface area contributed by atoms with Gasteiger partial charge in [-0.2, -0.15) is 0 Å². The lowest BCUT2D eigenvalue weighted by Crippen LogP contribution is -2.72. The monoisotopic (exact) mass is 321 g/mol. The van der Waals surface area contributed by atoms with Crippen molar-refractivity contribution in [3.8, 4) is 0 Å². The summed E-state index contributed by atoms with van der Waals surface area (Å²) in [6.45, 7) is 2.65. The van der Waals surface area contributed by atoms with Gasteiger partial charge in [0.1, 0.15) is 0 Å². The first-order valence-corrected chi connectivity index (χ1v) is 8.30. The number of hydrogen-bond acceptors (Lipinski definition) is 3. The molecule has 1 aromatic heterocycles. The first kappa shape index (κ1) is 14.3. The van der Waals surface area contributed by atoms with Crippen LogP contribution in [0.15, 0.2) is 12.3 Å². The van der Waals surface area contributed by atoms with Crippen LogP contribution in [0.3, 0.4) is 0 Å². The largest absolute Gasteiger partial charge is 0.377 e. The van der Waals surface area contributed by atoms with Crippen molar-refractivity contribution in [3.63, 3.8) is 0 Å². The van der Waals surface area contributed by atoms with Crippen LogP contribution in [0, 0.1) is 18.3 Å². The quantitative estimate of drug-likeness (QED) is 0.879. The van der Waals surface area contributed by atoms with Crippen molar-refractivity contribution in [2.45, 2.75) is 44.8 Å². The number of halogens is 1. The first-order valence-electron chi connectivity index (χ1n) is 7.92. The molecule has 2 amide bonds. The second-order valence-corrected chi connectivity index (χ2v) is 7.04. The minimum absolute atomic E-state index is 0.186. The van der Waals surface area contributed by atoms with Crippen LogP contribution in [0.4, 0.5) is 10.5 Å². The lowest BCUT2D eigenvalue weighted by atomic mass is 9.46. The van der Waals surface area contributed by atoms with Crippen LogP contribution in [0.5, 0.6) is 0 Å². The zero-order valence-electron chi connectivity index (χ0n) is 12.6. The van der Waals surface area contributed by atoms with Gasteiger partial charge in [-0.3, -0.25) is 4.98 Å². The molecule has 4 rings (SSSR count). The van der Waals surface area contributed by atoms with Gasteiger partial charge < -0.3 is 15.4 Å². The molecule has 1 aromatic rings. The molecule has 22 heavy (non-hydrogen) atoms. The van der Waals surface area contributed by atoms with E-state index in [-0.39, 0.29) is 17.5 Å². The molecule has 0 bridgehead atoms. The second-order valence-electron chi connectivity index (χ2n) is 6.66. The molecular formula is C16H20ClN3O2. The number of nitrogens with zero attached hydrogens (tertiary/aromatic N) is 1. The van der Waals surface area contributed by atoms with Gasteiger partial charge >= 0.3 is 6.03 Å². The minimum atomic E-state index is -0.186. The molecule has 1 saturated heterocycles. The van der Waals surface area contributed by atoms with Gasteiger partial charge in [0.15, 0.2) is 0 Å². The topological polar surface area (TPSA) is 63.2 Å². The van der Waals surface area contributed by atoms with Crippen LogP contribution in [-0.2, 0) is 4.74 Å². The molecule has 1 spiro atoms. The molecule has 2 N–H and O–H groups in total. The number of carbonyl (C=O) groups excluding carboxylic acids is 1. The van der Waals surface area contributed by atoms with Gasteiger partial charge in [0.25, 0.3) is 0 Å². The Kier molecular flexibility index (Phi) is 3.31. The summed E-state index contributed by atoms with van der Waals surface area (Å²) in [7, 11) is 0. The molecule has 3 atom stereocenters. The molecule has 3 fully saturated rings. The average Bonchev–Trinajstić information content (AvgIpc) is 2.85. The van der Waals surface area contributed by atoms with Gasteiger partial charge in [0, 0.05) is 30.2 Å². The lowest BCUT2D eigenvalue weighted by Gasteiger charge is -2.63. The predicted octanol–water partition coefficient (Wildman–Crippen LogP) is 3.12. The van der Waals surface area contributed by atoms with Crippen molar-refractivity contribution in [3.05, 3.63) is 23.0 Å². The fraction of sp³-hybridized carbons (Fsp3) is 0.625. The maximum Gasteiger partial charge on any atom is 0.319 e. The summed E-state index contributed by atoms with van der Waals surface area (Å²) in [5.74, 6) is 0.473. The Balaban J connectivity index is 1.45. The summed E-state index contributed by atoms with van der Waals surface area (Å²) >= 11 is 6.18. The number of carbonyl (C=O) groups is 1. The number of fused-ring (bicyclic) bond motifs is 2. The Morgan fingerprint density at radius 2 is 2.32 bits per heavy atom. The Bertz CT molecular complexity index is 617. The zero-order valence-corrected chi connectivity index (χ0v) is 13.3. The van der Waals surface area contributed by atoms with Crippen molar-refractivity contribution in [1.29, 1.82) is 0 Å². The molecular weight excluding hydrogens is 302 g/mol. The van der Waals surface area contributed by atoms with Gasteiger partial charge in [-0.25, -0.2) is 4.79 Å². The maximum atomic E-state index is 12.4. The molecule has 118 valence electrons. The van der Waals surface area contributed by atoms with Crippen molar-refractivity contribution in [2.24, 2.45) is 11.3 Å². The molecule has 1 aliphatic heterocycles. The number of nitrogens with one attached hydrogen (secondary N) is 2. The van der Waals surface area contributed by atoms with E-state index in [4.69, 9.17) is 16.3 Å². The summed E-state index contributed by atoms with van der Waals surface area (Å²) in [4.78, 5) is 16.5. The van der Waals surface area contributed by atoms with Gasteiger partial charge in [-0.15, -0.1) is 0 Å². The summed E-state index contributed by atoms with van der Waals surface area (Å²) in [5, 5.41) is 6.51. The number of urea groups is 1. The molecule has 5 nitrogen and oxygen atoms in total. The number of ether oxygens (including phenoxy) is 1. The van der Waals surface area contributed by atoms with Gasteiger partial charge in [0.2, 0.25) is 0 Å². The smallest absolute Gasteiger partial charge is 0.319 e. The van der Waals surface area contributed by atoms with Crippen LogP contribution >= 0.6 is 11.6 Å². The van der Waals surface area contributed by atoms with E-state index in [1.807, 2.05) is 6.92 Å². The van der Waals surface area contributed by atoms with E-state index in [0.717, 1.165) is 25.9 Å². The third-order valence-electron chi connectivity index (χ3n) is 5.63. The molecule has 0 radical (unpaired) electrons. The van der Waals surface area contributed by atoms with Crippen LogP contribution in [0.2, 0.25) is 5.02 Å². The third kappa shape index (κ3) is 1.95. The van der Waals surface area contributed by atoms with Gasteiger partial charge in [-0.1, -0.05) is 18.0 Å². The number of aromatic nitrogens is 1. The molecule has 2 saturated carbocycles. The molecule has 6 heteroatoms. The highest BCUT2D eigenvalue weighted by molar-refractivity contribution is 6.34. The number of anilines is 1. The van der Waals surface area contributed by atoms with Gasteiger partial charge in [0.05, 0.1) is 22.5 Å². The lowest BCUT2D eigenvalue weighted by molar-refractivity contribution is -0.171. The molecule has 2 heterocycles. The highest BCUT2D eigenvalue weighted by Gasteiger charge is 2.66. The van der Waals surface area contributed by atoms with Crippen molar-refractivity contribution in [2.75, 3.05) is 11.9 Å². The van der Waals surface area contributed by atoms with Crippen LogP contribution in [-0.4, -0.2) is 29.8 Å². The Hall–Kier alpha value is -1.33. The SMILES string of the molecule is Cc1nccc(NC(=O)NC2C3CCOC3C23CCC3)c1Cl. The molecule has 2 aliphatic carbocycles. The molecule has 3 aliphatic rings. The number of amides is 2. The standard InChI is InChI=1S/C16H20ClN3O2/c1-9-12(17)11(3-7-18-9)19-15(21)20-13-10-4-8-22-14(10)16(13)5-2-6-16/h3,7,10,13-14H,2,4-6,8H2,1H3,(H2,18,19,20,21). The summed E-state index contributed by atoms with van der Waals surface area (Å²) < 4.78 is 5.87. The van der Waals surface area contributed by atoms with Crippen LogP contribution in [0.1, 0.15) is 31.4 Å². The van der Waals surface area contributed by atoms with E-state index >= 15 is 0 Å². The van der Waals surface area contributed by atoms with E-state index < -0.39 is 0 Å². The Labute approximate surface area is 134 Å². The zero-order chi connectivity index (χ0) is 15.3. The number of pyridine rings is 1. The average molecular weight is 322 g/mol. The fourth-order valence-electron chi connectivity index (χ4n) is 4.40. The van der Waals surface area contributed by atoms with E-state index in [1.165, 1.54) is 6.42 Å². The summed E-state index contributed by atoms with van der Waals surface area (Å²) in [6, 6.07) is 1.76. The summed E-state index contributed by atoms with van der Waals surface area (Å²) in [6.07, 6.45) is 6.61. The fourth-order valence-corrected chi connectivity index (χ4v) is 4.56. The van der Waals surface area contributed by atoms with E-state index in [2.05, 4.69) is 15.6 Å². The normalized spacial score (nSPS) is 31.1. The number of hydrogen-bond donors (Lipinski definition) is 2. The van der Waals surface area contributed by atoms with Crippen LogP contribution < -0.4 is 10.6 Å². The van der Waals surface area contributed by atoms with Crippen molar-refractivity contribution < 1.29 is 9.53 Å². The Morgan fingerprint density at radius 1 is 1.50 bits per heavy atom. The van der Waals surface area contributed by atoms with E-state index in [9.17, 15) is 4.79 Å². The predicted molar refractivity (Wildman–Crippen MR) is 84.1 cm³/mol. The highest BCUT2D eigenvalue weighted by atomic mass is 35.5. The Morgan fingerprint density at radius 3 is 3.05 bits per heavy atom. The first-order chi connectivity index (χ1) is 10.6. The molecule has 0 aromatic carbocycles. The number of aryl methyl sites for hydroxylation is 1. The van der Waals surface area contributed by atoms with Crippen LogP contribution in [0.25, 0.3) is 0 Å². The van der Waals surface area contributed by atoms with Crippen molar-refractivity contribution >= 4 is 23.3 Å². The number of rotatable bonds is 2. The van der Waals surface area contributed by atoms with E-state index in [0.29, 0.717) is 28.4 Å². The van der Waals surface area contributed by atoms with Crippen molar-refractivity contribution in [1.82, 2.24) is 10.3 Å². The summed E-state index contributed by atoms with van der Waals surface area (Å²) in [5.41, 5.74) is 1.51. The second kappa shape index (κ2) is 5.10. The van der Waals surface area contributed by atoms with E-state index in [1.54, 1.807) is 12.3 Å². The molecule has 3 unspecified atom stereocenters. The van der Waals surface area contributed by atoms with Gasteiger partial charge in [-0.05, 0) is 32.3 Å². The highest BCUT2D eigenvalue weighted by Crippen LogP contribution is 2.62. The minimum Gasteiger partial charge on any atom is -0.377 e.